The molecule has 0 saturated heterocycles. The molecule has 0 bridgehead atoms. The molecule has 9 nitrogen and oxygen atoms in total. The summed E-state index contributed by atoms with van der Waals surface area (Å²) in [4.78, 5) is 35.2. The van der Waals surface area contributed by atoms with Crippen LogP contribution in [0.3, 0.4) is 0 Å². The lowest BCUT2D eigenvalue weighted by Gasteiger charge is -2.40. The van der Waals surface area contributed by atoms with Gasteiger partial charge >= 0.3 is 17.9 Å². The predicted molar refractivity (Wildman–Crippen MR) is 130 cm³/mol. The Hall–Kier alpha value is -3.75. The molecular weight excluding hydrogens is 468 g/mol. The summed E-state index contributed by atoms with van der Waals surface area (Å²) in [6, 6.07) is 9.23. The first-order valence-corrected chi connectivity index (χ1v) is 11.6. The summed E-state index contributed by atoms with van der Waals surface area (Å²) in [6.07, 6.45) is 0.537. The van der Waals surface area contributed by atoms with Crippen molar-refractivity contribution in [3.8, 4) is 23.0 Å². The van der Waals surface area contributed by atoms with E-state index >= 15 is 0 Å². The highest BCUT2D eigenvalue weighted by molar-refractivity contribution is 5.71. The van der Waals surface area contributed by atoms with Gasteiger partial charge in [-0.2, -0.15) is 0 Å². The van der Waals surface area contributed by atoms with Crippen molar-refractivity contribution in [3.63, 3.8) is 0 Å². The number of esters is 3. The topological polar surface area (TPSA) is 107 Å². The quantitative estimate of drug-likeness (QED) is 0.376. The van der Waals surface area contributed by atoms with Gasteiger partial charge in [0.15, 0.2) is 23.0 Å². The van der Waals surface area contributed by atoms with Crippen LogP contribution >= 0.6 is 0 Å². The number of rotatable bonds is 9. The first-order chi connectivity index (χ1) is 17.2. The summed E-state index contributed by atoms with van der Waals surface area (Å²) < 4.78 is 32.8. The van der Waals surface area contributed by atoms with Crippen LogP contribution in [0.25, 0.3) is 0 Å². The standard InChI is InChI=1S/C27H32O9/c1-15(28)34-13-20-9-19-11-25(33-6)26(36-17(3)30)12-21(19)27(22(20)14-35-16(2)29)18-7-8-23(31-4)24(10-18)32-5/h7-8,10-12,20,22,27H,9,13-14H2,1-6H3. The van der Waals surface area contributed by atoms with E-state index in [0.717, 1.165) is 16.7 Å². The van der Waals surface area contributed by atoms with Crippen molar-refractivity contribution >= 4 is 17.9 Å². The minimum atomic E-state index is -0.476. The molecule has 1 aliphatic carbocycles. The number of fused-ring (bicyclic) bond motifs is 1. The fourth-order valence-electron chi connectivity index (χ4n) is 4.74. The Morgan fingerprint density at radius 3 is 1.94 bits per heavy atom. The molecule has 0 N–H and O–H groups in total. The Bertz CT molecular complexity index is 1120. The van der Waals surface area contributed by atoms with Gasteiger partial charge in [-0.25, -0.2) is 0 Å². The molecule has 0 saturated carbocycles. The third-order valence-electron chi connectivity index (χ3n) is 6.28. The molecule has 2 aromatic carbocycles. The monoisotopic (exact) mass is 500 g/mol. The molecule has 0 amide bonds. The van der Waals surface area contributed by atoms with Gasteiger partial charge in [0.25, 0.3) is 0 Å². The second-order valence-electron chi connectivity index (χ2n) is 8.62. The van der Waals surface area contributed by atoms with Crippen LogP contribution in [0.15, 0.2) is 30.3 Å². The van der Waals surface area contributed by atoms with Crippen LogP contribution in [0.5, 0.6) is 23.0 Å². The van der Waals surface area contributed by atoms with Crippen molar-refractivity contribution in [2.75, 3.05) is 34.5 Å². The van der Waals surface area contributed by atoms with Crippen molar-refractivity contribution in [2.24, 2.45) is 11.8 Å². The fourth-order valence-corrected chi connectivity index (χ4v) is 4.74. The summed E-state index contributed by atoms with van der Waals surface area (Å²) in [5.74, 6) is -0.186. The Morgan fingerprint density at radius 2 is 1.36 bits per heavy atom. The van der Waals surface area contributed by atoms with Crippen LogP contribution < -0.4 is 18.9 Å². The predicted octanol–water partition coefficient (Wildman–Crippen LogP) is 3.68. The van der Waals surface area contributed by atoms with Gasteiger partial charge in [0.05, 0.1) is 34.5 Å². The van der Waals surface area contributed by atoms with E-state index in [4.69, 9.17) is 28.4 Å². The summed E-state index contributed by atoms with van der Waals surface area (Å²) >= 11 is 0. The number of carbonyl (C=O) groups excluding carboxylic acids is 3. The zero-order valence-corrected chi connectivity index (χ0v) is 21.4. The SMILES string of the molecule is COc1ccc(C2c3cc(OC(C)=O)c(OC)cc3CC(COC(C)=O)C2COC(C)=O)cc1OC. The summed E-state index contributed by atoms with van der Waals surface area (Å²) in [5.41, 5.74) is 2.70. The van der Waals surface area contributed by atoms with Gasteiger partial charge in [-0.15, -0.1) is 0 Å². The maximum Gasteiger partial charge on any atom is 0.308 e. The smallest absolute Gasteiger partial charge is 0.308 e. The fraction of sp³-hybridized carbons (Fsp3) is 0.444. The highest BCUT2D eigenvalue weighted by Gasteiger charge is 2.40. The number of ether oxygens (including phenoxy) is 6. The van der Waals surface area contributed by atoms with Gasteiger partial charge in [0.2, 0.25) is 0 Å². The molecule has 9 heteroatoms. The van der Waals surface area contributed by atoms with Crippen molar-refractivity contribution in [1.82, 2.24) is 0 Å². The van der Waals surface area contributed by atoms with Crippen molar-refractivity contribution < 1.29 is 42.8 Å². The number of methoxy groups -OCH3 is 3. The Kier molecular flexibility index (Phi) is 8.79. The molecule has 0 heterocycles. The maximum atomic E-state index is 11.8. The lowest BCUT2D eigenvalue weighted by molar-refractivity contribution is -0.147. The second-order valence-corrected chi connectivity index (χ2v) is 8.62. The van der Waals surface area contributed by atoms with E-state index in [1.165, 1.54) is 27.9 Å². The molecule has 36 heavy (non-hydrogen) atoms. The minimum Gasteiger partial charge on any atom is -0.493 e. The van der Waals surface area contributed by atoms with Gasteiger partial charge in [-0.1, -0.05) is 6.07 Å². The highest BCUT2D eigenvalue weighted by atomic mass is 16.6. The molecule has 3 rings (SSSR count). The lowest BCUT2D eigenvalue weighted by atomic mass is 9.66. The van der Waals surface area contributed by atoms with E-state index in [1.807, 2.05) is 24.3 Å². The second kappa shape index (κ2) is 11.8. The van der Waals surface area contributed by atoms with Gasteiger partial charge < -0.3 is 28.4 Å². The highest BCUT2D eigenvalue weighted by Crippen LogP contribution is 2.48. The molecule has 3 unspecified atom stereocenters. The normalized spacial score (nSPS) is 18.4. The van der Waals surface area contributed by atoms with Gasteiger partial charge in [-0.05, 0) is 47.4 Å². The van der Waals surface area contributed by atoms with Gasteiger partial charge in [0, 0.05) is 38.5 Å². The van der Waals surface area contributed by atoms with Crippen LogP contribution in [0, 0.1) is 11.8 Å². The maximum absolute atomic E-state index is 11.8. The first kappa shape index (κ1) is 26.8. The first-order valence-electron chi connectivity index (χ1n) is 11.6. The molecule has 0 radical (unpaired) electrons. The number of carbonyl (C=O) groups is 3. The third kappa shape index (κ3) is 6.08. The molecule has 0 aromatic heterocycles. The summed E-state index contributed by atoms with van der Waals surface area (Å²) in [6.45, 7) is 4.29. The average molecular weight is 501 g/mol. The van der Waals surface area contributed by atoms with Gasteiger partial charge in [0.1, 0.15) is 0 Å². The van der Waals surface area contributed by atoms with E-state index in [1.54, 1.807) is 20.3 Å². The number of hydrogen-bond acceptors (Lipinski definition) is 9. The van der Waals surface area contributed by atoms with E-state index in [0.29, 0.717) is 29.4 Å². The van der Waals surface area contributed by atoms with E-state index in [-0.39, 0.29) is 31.0 Å². The number of hydrogen-bond donors (Lipinski definition) is 0. The van der Waals surface area contributed by atoms with Crippen LogP contribution in [-0.4, -0.2) is 52.5 Å². The van der Waals surface area contributed by atoms with Crippen LogP contribution in [0.1, 0.15) is 43.4 Å². The zero-order valence-electron chi connectivity index (χ0n) is 21.4. The molecule has 3 atom stereocenters. The zero-order chi connectivity index (χ0) is 26.4. The Balaban J connectivity index is 2.23. The lowest BCUT2D eigenvalue weighted by Crippen LogP contribution is -2.37. The Labute approximate surface area is 210 Å². The van der Waals surface area contributed by atoms with E-state index in [9.17, 15) is 14.4 Å². The minimum absolute atomic E-state index is 0.106. The summed E-state index contributed by atoms with van der Waals surface area (Å²) in [5, 5.41) is 0. The largest absolute Gasteiger partial charge is 0.493 e. The molecule has 0 fully saturated rings. The van der Waals surface area contributed by atoms with Crippen LogP contribution in [0.2, 0.25) is 0 Å². The third-order valence-corrected chi connectivity index (χ3v) is 6.28. The van der Waals surface area contributed by atoms with Crippen molar-refractivity contribution in [3.05, 3.63) is 47.0 Å². The van der Waals surface area contributed by atoms with E-state index < -0.39 is 17.9 Å². The Morgan fingerprint density at radius 1 is 0.750 bits per heavy atom. The van der Waals surface area contributed by atoms with E-state index in [2.05, 4.69) is 0 Å². The molecular formula is C27H32O9. The molecule has 0 aliphatic heterocycles. The molecule has 2 aromatic rings. The summed E-state index contributed by atoms with van der Waals surface area (Å²) in [7, 11) is 4.62. The number of benzene rings is 2. The van der Waals surface area contributed by atoms with Crippen molar-refractivity contribution in [1.29, 1.82) is 0 Å². The van der Waals surface area contributed by atoms with Crippen LogP contribution in [0.4, 0.5) is 0 Å². The molecule has 1 aliphatic rings. The molecule has 0 spiro atoms. The van der Waals surface area contributed by atoms with Crippen molar-refractivity contribution in [2.45, 2.75) is 33.1 Å². The van der Waals surface area contributed by atoms with Gasteiger partial charge in [-0.3, -0.25) is 14.4 Å². The molecule has 194 valence electrons. The average Bonchev–Trinajstić information content (AvgIpc) is 2.84. The van der Waals surface area contributed by atoms with Crippen LogP contribution in [-0.2, 0) is 30.3 Å².